The highest BCUT2D eigenvalue weighted by atomic mass is 15.1. The fourth-order valence-corrected chi connectivity index (χ4v) is 2.40. The first-order valence-electron chi connectivity index (χ1n) is 8.46. The molecule has 0 aromatic heterocycles. The first-order chi connectivity index (χ1) is 8.77. The third kappa shape index (κ3) is 7.34. The van der Waals surface area contributed by atoms with Crippen molar-refractivity contribution in [1.29, 1.82) is 0 Å². The molecule has 0 amide bonds. The molecule has 1 unspecified atom stereocenters. The predicted octanol–water partition coefficient (Wildman–Crippen LogP) is 6.09. The molecule has 1 heteroatoms. The zero-order valence-electron chi connectivity index (χ0n) is 16.1. The molecule has 0 aromatic rings. The Bertz CT molecular complexity index is 182. The fourth-order valence-electron chi connectivity index (χ4n) is 2.40. The number of nitrogens with zero attached hydrogens (tertiary/aromatic N) is 1. The maximum Gasteiger partial charge on any atom is 0.00348 e. The summed E-state index contributed by atoms with van der Waals surface area (Å²) >= 11 is 0. The molecular formula is C18H43N. The van der Waals surface area contributed by atoms with Crippen molar-refractivity contribution >= 4 is 0 Å². The summed E-state index contributed by atoms with van der Waals surface area (Å²) in [5.74, 6) is 0.826. The molecule has 0 aromatic carbocycles. The van der Waals surface area contributed by atoms with E-state index in [1.165, 1.54) is 19.5 Å². The van der Waals surface area contributed by atoms with Crippen molar-refractivity contribution in [3.05, 3.63) is 0 Å². The second-order valence-corrected chi connectivity index (χ2v) is 6.03. The first kappa shape index (κ1) is 24.0. The molecule has 1 nitrogen and oxygen atoms in total. The summed E-state index contributed by atoms with van der Waals surface area (Å²) in [6.07, 6.45) is 1.34. The molecule has 1 atom stereocenters. The van der Waals surface area contributed by atoms with Crippen molar-refractivity contribution in [3.63, 3.8) is 0 Å². The lowest BCUT2D eigenvalue weighted by Crippen LogP contribution is -2.41. The molecule has 1 fully saturated rings. The third-order valence-corrected chi connectivity index (χ3v) is 4.59. The van der Waals surface area contributed by atoms with Crippen LogP contribution in [0, 0.1) is 16.7 Å². The van der Waals surface area contributed by atoms with Gasteiger partial charge in [-0.25, -0.2) is 0 Å². The number of hydrogen-bond acceptors (Lipinski definition) is 1. The minimum absolute atomic E-state index is 0.428. The molecule has 0 radical (unpaired) electrons. The summed E-state index contributed by atoms with van der Waals surface area (Å²) in [4.78, 5) is 2.48. The maximum atomic E-state index is 2.48. The number of likely N-dealkylation sites (tertiary alicyclic amines) is 1. The lowest BCUT2D eigenvalue weighted by atomic mass is 9.61. The summed E-state index contributed by atoms with van der Waals surface area (Å²) in [5, 5.41) is 0. The van der Waals surface area contributed by atoms with E-state index in [0.717, 1.165) is 5.92 Å². The molecule has 19 heavy (non-hydrogen) atoms. The van der Waals surface area contributed by atoms with Crippen LogP contribution in [0.4, 0.5) is 0 Å². The van der Waals surface area contributed by atoms with Crippen LogP contribution in [0.25, 0.3) is 0 Å². The monoisotopic (exact) mass is 273 g/mol. The van der Waals surface area contributed by atoms with Crippen molar-refractivity contribution in [2.45, 2.75) is 82.6 Å². The summed E-state index contributed by atoms with van der Waals surface area (Å²) in [7, 11) is 2.25. The Kier molecular flexibility index (Phi) is 14.9. The third-order valence-electron chi connectivity index (χ3n) is 4.59. The molecule has 0 N–H and O–H groups in total. The zero-order valence-corrected chi connectivity index (χ0v) is 16.1. The average molecular weight is 274 g/mol. The highest BCUT2D eigenvalue weighted by molar-refractivity contribution is 4.93. The van der Waals surface area contributed by atoms with E-state index in [1.807, 2.05) is 41.5 Å². The van der Waals surface area contributed by atoms with E-state index in [1.54, 1.807) is 0 Å². The van der Waals surface area contributed by atoms with E-state index in [0.29, 0.717) is 10.8 Å². The first-order valence-corrected chi connectivity index (χ1v) is 8.46. The van der Waals surface area contributed by atoms with Crippen LogP contribution in [0.3, 0.4) is 0 Å². The molecular weight excluding hydrogens is 230 g/mol. The van der Waals surface area contributed by atoms with Crippen LogP contribution in [0.2, 0.25) is 0 Å². The zero-order chi connectivity index (χ0) is 16.3. The minimum Gasteiger partial charge on any atom is -0.306 e. The van der Waals surface area contributed by atoms with Gasteiger partial charge in [0.25, 0.3) is 0 Å². The van der Waals surface area contributed by atoms with Gasteiger partial charge in [-0.15, -0.1) is 0 Å². The van der Waals surface area contributed by atoms with Gasteiger partial charge in [0.2, 0.25) is 0 Å². The van der Waals surface area contributed by atoms with Crippen molar-refractivity contribution in [3.8, 4) is 0 Å². The van der Waals surface area contributed by atoms with E-state index in [-0.39, 0.29) is 0 Å². The molecule has 120 valence electrons. The molecule has 0 saturated carbocycles. The average Bonchev–Trinajstić information content (AvgIpc) is 2.47. The molecule has 1 aliphatic heterocycles. The smallest absolute Gasteiger partial charge is 0.00348 e. The van der Waals surface area contributed by atoms with Gasteiger partial charge in [0, 0.05) is 6.54 Å². The lowest BCUT2D eigenvalue weighted by molar-refractivity contribution is 0.0481. The standard InChI is InChI=1S/C12H25N.3C2H6/c1-10-7-8-13(6)9-11(2,3)12(10,4)5;3*1-2/h10H,7-9H2,1-6H3;3*1-2H3. The van der Waals surface area contributed by atoms with Crippen LogP contribution >= 0.6 is 0 Å². The van der Waals surface area contributed by atoms with Gasteiger partial charge in [-0.05, 0) is 36.8 Å². The van der Waals surface area contributed by atoms with E-state index >= 15 is 0 Å². The topological polar surface area (TPSA) is 3.24 Å². The van der Waals surface area contributed by atoms with Gasteiger partial charge in [0.05, 0.1) is 0 Å². The van der Waals surface area contributed by atoms with Crippen LogP contribution < -0.4 is 0 Å². The van der Waals surface area contributed by atoms with E-state index in [2.05, 4.69) is 46.6 Å². The molecule has 0 aliphatic carbocycles. The van der Waals surface area contributed by atoms with Crippen molar-refractivity contribution < 1.29 is 0 Å². The van der Waals surface area contributed by atoms with Gasteiger partial charge < -0.3 is 4.90 Å². The van der Waals surface area contributed by atoms with Crippen LogP contribution in [-0.4, -0.2) is 25.0 Å². The summed E-state index contributed by atoms with van der Waals surface area (Å²) < 4.78 is 0. The van der Waals surface area contributed by atoms with Crippen LogP contribution in [-0.2, 0) is 0 Å². The van der Waals surface area contributed by atoms with Gasteiger partial charge in [0.15, 0.2) is 0 Å². The van der Waals surface area contributed by atoms with E-state index in [4.69, 9.17) is 0 Å². The Morgan fingerprint density at radius 1 is 0.842 bits per heavy atom. The highest BCUT2D eigenvalue weighted by Crippen LogP contribution is 2.47. The molecule has 0 bridgehead atoms. The van der Waals surface area contributed by atoms with Crippen LogP contribution in [0.5, 0.6) is 0 Å². The maximum absolute atomic E-state index is 2.48. The Morgan fingerprint density at radius 2 is 1.21 bits per heavy atom. The lowest BCUT2D eigenvalue weighted by Gasteiger charge is -2.44. The normalized spacial score (nSPS) is 24.3. The summed E-state index contributed by atoms with van der Waals surface area (Å²) in [6, 6.07) is 0. The van der Waals surface area contributed by atoms with Gasteiger partial charge in [-0.3, -0.25) is 0 Å². The molecule has 1 rings (SSSR count). The molecule has 1 heterocycles. The second kappa shape index (κ2) is 11.8. The van der Waals surface area contributed by atoms with Crippen LogP contribution in [0.15, 0.2) is 0 Å². The largest absolute Gasteiger partial charge is 0.306 e. The summed E-state index contributed by atoms with van der Waals surface area (Å²) in [6.45, 7) is 26.6. The number of hydrogen-bond donors (Lipinski definition) is 0. The molecule has 0 spiro atoms. The second-order valence-electron chi connectivity index (χ2n) is 6.03. The fraction of sp³-hybridized carbons (Fsp3) is 1.00. The van der Waals surface area contributed by atoms with Crippen molar-refractivity contribution in [1.82, 2.24) is 4.90 Å². The Labute approximate surface area is 125 Å². The summed E-state index contributed by atoms with van der Waals surface area (Å²) in [5.41, 5.74) is 0.884. The predicted molar refractivity (Wildman–Crippen MR) is 92.9 cm³/mol. The van der Waals surface area contributed by atoms with Gasteiger partial charge >= 0.3 is 0 Å². The minimum atomic E-state index is 0.428. The van der Waals surface area contributed by atoms with Gasteiger partial charge in [-0.2, -0.15) is 0 Å². The van der Waals surface area contributed by atoms with Gasteiger partial charge in [0.1, 0.15) is 0 Å². The Balaban J connectivity index is -0.000000375. The Morgan fingerprint density at radius 3 is 1.58 bits per heavy atom. The molecule has 1 aliphatic rings. The Hall–Kier alpha value is -0.0400. The SMILES string of the molecule is CC.CC.CC.CC1CCN(C)CC(C)(C)C1(C)C. The van der Waals surface area contributed by atoms with E-state index in [9.17, 15) is 0 Å². The number of rotatable bonds is 0. The highest BCUT2D eigenvalue weighted by Gasteiger charge is 2.43. The van der Waals surface area contributed by atoms with Crippen molar-refractivity contribution in [2.75, 3.05) is 20.1 Å². The molecule has 1 saturated heterocycles. The van der Waals surface area contributed by atoms with Crippen LogP contribution in [0.1, 0.15) is 82.6 Å². The van der Waals surface area contributed by atoms with Crippen molar-refractivity contribution in [2.24, 2.45) is 16.7 Å². The van der Waals surface area contributed by atoms with Gasteiger partial charge in [-0.1, -0.05) is 76.2 Å². The van der Waals surface area contributed by atoms with E-state index < -0.39 is 0 Å². The quantitative estimate of drug-likeness (QED) is 0.516.